The third-order valence-electron chi connectivity index (χ3n) is 3.91. The molecule has 0 aliphatic heterocycles. The first-order valence-corrected chi connectivity index (χ1v) is 7.32. The molecule has 1 aliphatic rings. The maximum atomic E-state index is 13.9. The molecule has 1 aromatic carbocycles. The van der Waals surface area contributed by atoms with Crippen LogP contribution in [0.25, 0.3) is 0 Å². The second kappa shape index (κ2) is 7.72. The lowest BCUT2D eigenvalue weighted by molar-refractivity contribution is -0.0660. The summed E-state index contributed by atoms with van der Waals surface area (Å²) in [7, 11) is 3.60. The van der Waals surface area contributed by atoms with E-state index < -0.39 is 0 Å². The Hall–Kier alpha value is -0.970. The zero-order valence-electron chi connectivity index (χ0n) is 12.3. The number of ether oxygens (including phenoxy) is 2. The Balaban J connectivity index is 2.04. The molecule has 1 saturated carbocycles. The summed E-state index contributed by atoms with van der Waals surface area (Å²) in [5.74, 6) is -0.202. The normalized spacial score (nSPS) is 24.6. The van der Waals surface area contributed by atoms with Crippen LogP contribution in [0.2, 0.25) is 0 Å². The van der Waals surface area contributed by atoms with Gasteiger partial charge >= 0.3 is 0 Å². The Morgan fingerprint density at radius 1 is 1.30 bits per heavy atom. The van der Waals surface area contributed by atoms with Gasteiger partial charge in [-0.25, -0.2) is 4.39 Å². The van der Waals surface area contributed by atoms with Crippen LogP contribution in [0.1, 0.15) is 37.4 Å². The molecule has 0 spiro atoms. The van der Waals surface area contributed by atoms with Crippen LogP contribution in [-0.4, -0.2) is 32.9 Å². The topological polar surface area (TPSA) is 30.5 Å². The van der Waals surface area contributed by atoms with Crippen molar-refractivity contribution in [1.29, 1.82) is 0 Å². The number of benzene rings is 1. The number of likely N-dealkylation sites (N-methyl/N-ethyl adjacent to an activating group) is 1. The second-order valence-corrected chi connectivity index (χ2v) is 5.35. The van der Waals surface area contributed by atoms with Crippen LogP contribution in [0.15, 0.2) is 24.3 Å². The quantitative estimate of drug-likeness (QED) is 0.869. The van der Waals surface area contributed by atoms with Crippen molar-refractivity contribution in [3.05, 3.63) is 35.6 Å². The van der Waals surface area contributed by atoms with Crippen LogP contribution in [0.3, 0.4) is 0 Å². The van der Waals surface area contributed by atoms with Gasteiger partial charge in [-0.2, -0.15) is 0 Å². The van der Waals surface area contributed by atoms with Crippen molar-refractivity contribution in [3.63, 3.8) is 0 Å². The predicted molar refractivity (Wildman–Crippen MR) is 77.2 cm³/mol. The van der Waals surface area contributed by atoms with E-state index in [4.69, 9.17) is 9.47 Å². The number of nitrogens with one attached hydrogen (secondary N) is 1. The first kappa shape index (κ1) is 15.4. The van der Waals surface area contributed by atoms with Gasteiger partial charge in [-0.3, -0.25) is 0 Å². The van der Waals surface area contributed by atoms with Crippen LogP contribution in [-0.2, 0) is 9.47 Å². The van der Waals surface area contributed by atoms with Crippen LogP contribution in [0.5, 0.6) is 0 Å². The highest BCUT2D eigenvalue weighted by molar-refractivity contribution is 5.20. The Morgan fingerprint density at radius 2 is 2.05 bits per heavy atom. The molecule has 4 heteroatoms. The van der Waals surface area contributed by atoms with Gasteiger partial charge in [-0.15, -0.1) is 0 Å². The molecule has 1 aromatic rings. The standard InChI is InChI=1S/C16H24FNO2/c1-18-11-16(14-8-3-4-9-15(14)17)20-13-7-5-6-12(10-13)19-2/h3-4,8-9,12-13,16,18H,5-7,10-11H2,1-2H3. The van der Waals surface area contributed by atoms with Crippen LogP contribution in [0.4, 0.5) is 4.39 Å². The van der Waals surface area contributed by atoms with Gasteiger partial charge in [0.1, 0.15) is 5.82 Å². The lowest BCUT2D eigenvalue weighted by atomic mass is 9.94. The smallest absolute Gasteiger partial charge is 0.129 e. The molecule has 2 rings (SSSR count). The molecule has 0 aromatic heterocycles. The average molecular weight is 281 g/mol. The summed E-state index contributed by atoms with van der Waals surface area (Å²) in [6.45, 7) is 0.606. The van der Waals surface area contributed by atoms with E-state index in [1.165, 1.54) is 6.07 Å². The summed E-state index contributed by atoms with van der Waals surface area (Å²) in [4.78, 5) is 0. The third-order valence-corrected chi connectivity index (χ3v) is 3.91. The van der Waals surface area contributed by atoms with Crippen molar-refractivity contribution in [2.24, 2.45) is 0 Å². The summed E-state index contributed by atoms with van der Waals surface area (Å²) in [6.07, 6.45) is 4.28. The number of hydrogen-bond donors (Lipinski definition) is 1. The van der Waals surface area contributed by atoms with E-state index in [9.17, 15) is 4.39 Å². The largest absolute Gasteiger partial charge is 0.381 e. The van der Waals surface area contributed by atoms with E-state index in [0.29, 0.717) is 12.1 Å². The summed E-state index contributed by atoms with van der Waals surface area (Å²) < 4.78 is 25.5. The Morgan fingerprint density at radius 3 is 2.75 bits per heavy atom. The van der Waals surface area contributed by atoms with E-state index >= 15 is 0 Å². The fourth-order valence-electron chi connectivity index (χ4n) is 2.83. The van der Waals surface area contributed by atoms with Gasteiger partial charge in [-0.05, 0) is 38.8 Å². The zero-order valence-corrected chi connectivity index (χ0v) is 12.3. The maximum absolute atomic E-state index is 13.9. The van der Waals surface area contributed by atoms with E-state index in [0.717, 1.165) is 25.7 Å². The summed E-state index contributed by atoms with van der Waals surface area (Å²) in [5, 5.41) is 3.09. The fraction of sp³-hybridized carbons (Fsp3) is 0.625. The van der Waals surface area contributed by atoms with Gasteiger partial charge in [0, 0.05) is 19.2 Å². The molecular formula is C16H24FNO2. The highest BCUT2D eigenvalue weighted by Crippen LogP contribution is 2.29. The molecule has 112 valence electrons. The van der Waals surface area contributed by atoms with Crippen LogP contribution in [0, 0.1) is 5.82 Å². The second-order valence-electron chi connectivity index (χ2n) is 5.35. The van der Waals surface area contributed by atoms with Crippen molar-refractivity contribution in [1.82, 2.24) is 5.32 Å². The number of methoxy groups -OCH3 is 1. The summed E-state index contributed by atoms with van der Waals surface area (Å²) in [5.41, 5.74) is 0.626. The highest BCUT2D eigenvalue weighted by atomic mass is 19.1. The number of hydrogen-bond acceptors (Lipinski definition) is 3. The first-order chi connectivity index (χ1) is 9.74. The van der Waals surface area contributed by atoms with Crippen molar-refractivity contribution in [2.45, 2.75) is 44.0 Å². The lowest BCUT2D eigenvalue weighted by Crippen LogP contribution is -2.31. The van der Waals surface area contributed by atoms with Gasteiger partial charge in [0.25, 0.3) is 0 Å². The van der Waals surface area contributed by atoms with Crippen molar-refractivity contribution >= 4 is 0 Å². The van der Waals surface area contributed by atoms with Crippen LogP contribution < -0.4 is 5.32 Å². The monoisotopic (exact) mass is 281 g/mol. The van der Waals surface area contributed by atoms with Gasteiger partial charge in [0.15, 0.2) is 0 Å². The average Bonchev–Trinajstić information content (AvgIpc) is 2.47. The third kappa shape index (κ3) is 4.01. The number of rotatable bonds is 6. The molecule has 1 aliphatic carbocycles. The molecule has 3 nitrogen and oxygen atoms in total. The van der Waals surface area contributed by atoms with Gasteiger partial charge in [0.05, 0.1) is 18.3 Å². The van der Waals surface area contributed by atoms with Gasteiger partial charge < -0.3 is 14.8 Å². The molecule has 3 unspecified atom stereocenters. The van der Waals surface area contributed by atoms with E-state index in [1.54, 1.807) is 19.2 Å². The minimum Gasteiger partial charge on any atom is -0.381 e. The van der Waals surface area contributed by atoms with E-state index in [-0.39, 0.29) is 24.1 Å². The summed E-state index contributed by atoms with van der Waals surface area (Å²) in [6, 6.07) is 6.84. The van der Waals surface area contributed by atoms with Crippen molar-refractivity contribution in [3.8, 4) is 0 Å². The predicted octanol–water partition coefficient (Wildman–Crippen LogP) is 3.06. The minimum absolute atomic E-state index is 0.145. The van der Waals surface area contributed by atoms with Crippen molar-refractivity contribution < 1.29 is 13.9 Å². The lowest BCUT2D eigenvalue weighted by Gasteiger charge is -2.31. The fourth-order valence-corrected chi connectivity index (χ4v) is 2.83. The van der Waals surface area contributed by atoms with E-state index in [1.807, 2.05) is 13.1 Å². The highest BCUT2D eigenvalue weighted by Gasteiger charge is 2.26. The van der Waals surface area contributed by atoms with Crippen LogP contribution >= 0.6 is 0 Å². The molecule has 1 N–H and O–H groups in total. The Kier molecular flexibility index (Phi) is 5.95. The molecule has 1 fully saturated rings. The summed E-state index contributed by atoms with van der Waals surface area (Å²) >= 11 is 0. The molecule has 0 bridgehead atoms. The molecule has 0 saturated heterocycles. The molecular weight excluding hydrogens is 257 g/mol. The molecule has 20 heavy (non-hydrogen) atoms. The van der Waals surface area contributed by atoms with E-state index in [2.05, 4.69) is 5.32 Å². The maximum Gasteiger partial charge on any atom is 0.129 e. The molecule has 3 atom stereocenters. The SMILES string of the molecule is CNCC(OC1CCCC(OC)C1)c1ccccc1F. The molecule has 0 radical (unpaired) electrons. The first-order valence-electron chi connectivity index (χ1n) is 7.32. The molecule has 0 amide bonds. The van der Waals surface area contributed by atoms with Crippen molar-refractivity contribution in [2.75, 3.05) is 20.7 Å². The number of halogens is 1. The van der Waals surface area contributed by atoms with Gasteiger partial charge in [-0.1, -0.05) is 18.2 Å². The van der Waals surface area contributed by atoms with Gasteiger partial charge in [0.2, 0.25) is 0 Å². The minimum atomic E-state index is -0.248. The Labute approximate surface area is 120 Å². The Bertz CT molecular complexity index is 413. The zero-order chi connectivity index (χ0) is 14.4. The molecule has 0 heterocycles.